The van der Waals surface area contributed by atoms with Crippen LogP contribution in [-0.2, 0) is 4.79 Å². The van der Waals surface area contributed by atoms with Gasteiger partial charge in [0.25, 0.3) is 0 Å². The molecule has 1 aromatic rings. The van der Waals surface area contributed by atoms with Crippen LogP contribution in [0.3, 0.4) is 0 Å². The third-order valence-corrected chi connectivity index (χ3v) is 3.17. The number of ether oxygens (including phenoxy) is 1. The van der Waals surface area contributed by atoms with Crippen molar-refractivity contribution in [2.24, 2.45) is 0 Å². The SMILES string of the molecule is COc1ccc(C(C)N[C@@H](C)C(=O)O)cc1Br. The zero-order valence-corrected chi connectivity index (χ0v) is 11.6. The molecule has 0 heterocycles. The molecule has 1 aromatic carbocycles. The zero-order chi connectivity index (χ0) is 13.0. The molecular weight excluding hydrogens is 286 g/mol. The molecule has 0 saturated heterocycles. The van der Waals surface area contributed by atoms with Gasteiger partial charge in [0.2, 0.25) is 0 Å². The summed E-state index contributed by atoms with van der Waals surface area (Å²) in [5, 5.41) is 11.8. The average molecular weight is 302 g/mol. The first-order valence-corrected chi connectivity index (χ1v) is 6.07. The Labute approximate surface area is 109 Å². The summed E-state index contributed by atoms with van der Waals surface area (Å²) >= 11 is 3.40. The lowest BCUT2D eigenvalue weighted by molar-refractivity contribution is -0.139. The van der Waals surface area contributed by atoms with Crippen LogP contribution in [0.5, 0.6) is 5.75 Å². The summed E-state index contributed by atoms with van der Waals surface area (Å²) < 4.78 is 5.99. The molecule has 5 heteroatoms. The van der Waals surface area contributed by atoms with E-state index in [0.29, 0.717) is 0 Å². The summed E-state index contributed by atoms with van der Waals surface area (Å²) in [4.78, 5) is 10.7. The lowest BCUT2D eigenvalue weighted by Crippen LogP contribution is -2.35. The van der Waals surface area contributed by atoms with Crippen molar-refractivity contribution in [2.45, 2.75) is 25.9 Å². The monoisotopic (exact) mass is 301 g/mol. The molecule has 94 valence electrons. The summed E-state index contributed by atoms with van der Waals surface area (Å²) in [6.07, 6.45) is 0. The molecule has 1 unspecified atom stereocenters. The largest absolute Gasteiger partial charge is 0.496 e. The van der Waals surface area contributed by atoms with Crippen molar-refractivity contribution >= 4 is 21.9 Å². The number of methoxy groups -OCH3 is 1. The number of carboxylic acids is 1. The fourth-order valence-electron chi connectivity index (χ4n) is 1.49. The zero-order valence-electron chi connectivity index (χ0n) is 10.0. The smallest absolute Gasteiger partial charge is 0.320 e. The topological polar surface area (TPSA) is 58.6 Å². The first kappa shape index (κ1) is 14.0. The van der Waals surface area contributed by atoms with Crippen LogP contribution in [0.2, 0.25) is 0 Å². The van der Waals surface area contributed by atoms with E-state index in [9.17, 15) is 4.79 Å². The highest BCUT2D eigenvalue weighted by Crippen LogP contribution is 2.28. The fourth-order valence-corrected chi connectivity index (χ4v) is 2.05. The number of carboxylic acid groups (broad SMARTS) is 1. The molecule has 0 spiro atoms. The van der Waals surface area contributed by atoms with Crippen LogP contribution >= 0.6 is 15.9 Å². The molecular formula is C12H16BrNO3. The maximum Gasteiger partial charge on any atom is 0.320 e. The van der Waals surface area contributed by atoms with Crippen molar-refractivity contribution in [1.29, 1.82) is 0 Å². The minimum absolute atomic E-state index is 0.0386. The Morgan fingerprint density at radius 2 is 2.12 bits per heavy atom. The first-order chi connectivity index (χ1) is 7.95. The van der Waals surface area contributed by atoms with Crippen LogP contribution in [0.25, 0.3) is 0 Å². The fraction of sp³-hybridized carbons (Fsp3) is 0.417. The van der Waals surface area contributed by atoms with E-state index in [4.69, 9.17) is 9.84 Å². The highest BCUT2D eigenvalue weighted by Gasteiger charge is 2.15. The van der Waals surface area contributed by atoms with E-state index in [-0.39, 0.29) is 6.04 Å². The number of hydrogen-bond donors (Lipinski definition) is 2. The average Bonchev–Trinajstić information content (AvgIpc) is 2.28. The third-order valence-electron chi connectivity index (χ3n) is 2.55. The Bertz CT molecular complexity index is 409. The van der Waals surface area contributed by atoms with Crippen molar-refractivity contribution in [3.63, 3.8) is 0 Å². The Morgan fingerprint density at radius 1 is 1.47 bits per heavy atom. The standard InChI is InChI=1S/C12H16BrNO3/c1-7(14-8(2)12(15)16)9-4-5-11(17-3)10(13)6-9/h4-8,14H,1-3H3,(H,15,16)/t7?,8-/m0/s1. The molecule has 4 nitrogen and oxygen atoms in total. The molecule has 1 rings (SSSR count). The molecule has 0 aliphatic heterocycles. The van der Waals surface area contributed by atoms with E-state index >= 15 is 0 Å². The van der Waals surface area contributed by atoms with Crippen molar-refractivity contribution < 1.29 is 14.6 Å². The number of benzene rings is 1. The molecule has 0 aliphatic carbocycles. The summed E-state index contributed by atoms with van der Waals surface area (Å²) in [5.74, 6) is -0.100. The van der Waals surface area contributed by atoms with Crippen LogP contribution in [0.1, 0.15) is 25.5 Å². The Hall–Kier alpha value is -1.07. The second kappa shape index (κ2) is 6.02. The lowest BCUT2D eigenvalue weighted by Gasteiger charge is -2.18. The van der Waals surface area contributed by atoms with Gasteiger partial charge in [-0.2, -0.15) is 0 Å². The van der Waals surface area contributed by atoms with Crippen molar-refractivity contribution in [3.8, 4) is 5.75 Å². The highest BCUT2D eigenvalue weighted by atomic mass is 79.9. The summed E-state index contributed by atoms with van der Waals surface area (Å²) in [6, 6.07) is 5.07. The minimum atomic E-state index is -0.857. The Balaban J connectivity index is 2.79. The van der Waals surface area contributed by atoms with E-state index < -0.39 is 12.0 Å². The molecule has 0 amide bonds. The van der Waals surface area contributed by atoms with E-state index in [0.717, 1.165) is 15.8 Å². The normalized spacial score (nSPS) is 14.1. The van der Waals surface area contributed by atoms with Crippen molar-refractivity contribution in [3.05, 3.63) is 28.2 Å². The summed E-state index contributed by atoms with van der Waals surface area (Å²) in [5.41, 5.74) is 1.01. The number of rotatable bonds is 5. The number of hydrogen-bond acceptors (Lipinski definition) is 3. The second-order valence-electron chi connectivity index (χ2n) is 3.84. The van der Waals surface area contributed by atoms with Gasteiger partial charge in [0, 0.05) is 6.04 Å². The molecule has 2 N–H and O–H groups in total. The second-order valence-corrected chi connectivity index (χ2v) is 4.70. The van der Waals surface area contributed by atoms with Crippen molar-refractivity contribution in [2.75, 3.05) is 7.11 Å². The Morgan fingerprint density at radius 3 is 2.59 bits per heavy atom. The number of nitrogens with one attached hydrogen (secondary N) is 1. The third kappa shape index (κ3) is 3.71. The van der Waals surface area contributed by atoms with Gasteiger partial charge in [-0.05, 0) is 47.5 Å². The molecule has 0 fully saturated rings. The molecule has 0 bridgehead atoms. The number of carbonyl (C=O) groups is 1. The van der Waals surface area contributed by atoms with Crippen LogP contribution in [0.15, 0.2) is 22.7 Å². The molecule has 0 saturated carbocycles. The summed E-state index contributed by atoms with van der Waals surface area (Å²) in [6.45, 7) is 3.55. The maximum absolute atomic E-state index is 10.7. The van der Waals surface area contributed by atoms with Gasteiger partial charge in [0.15, 0.2) is 0 Å². The predicted molar refractivity (Wildman–Crippen MR) is 69.3 cm³/mol. The van der Waals surface area contributed by atoms with Gasteiger partial charge in [-0.25, -0.2) is 0 Å². The quantitative estimate of drug-likeness (QED) is 0.877. The molecule has 0 aliphatic rings. The van der Waals surface area contributed by atoms with E-state index in [1.165, 1.54) is 0 Å². The number of aliphatic carboxylic acids is 1. The van der Waals surface area contributed by atoms with Crippen LogP contribution in [-0.4, -0.2) is 24.2 Å². The lowest BCUT2D eigenvalue weighted by atomic mass is 10.1. The van der Waals surface area contributed by atoms with Crippen LogP contribution < -0.4 is 10.1 Å². The van der Waals surface area contributed by atoms with Gasteiger partial charge < -0.3 is 9.84 Å². The van der Waals surface area contributed by atoms with E-state index in [1.807, 2.05) is 25.1 Å². The van der Waals surface area contributed by atoms with Crippen molar-refractivity contribution in [1.82, 2.24) is 5.32 Å². The molecule has 2 atom stereocenters. The Kier molecular flexibility index (Phi) is 4.96. The predicted octanol–water partition coefficient (Wildman–Crippen LogP) is 2.58. The maximum atomic E-state index is 10.7. The number of halogens is 1. The minimum Gasteiger partial charge on any atom is -0.496 e. The molecule has 0 aromatic heterocycles. The van der Waals surface area contributed by atoms with Gasteiger partial charge in [-0.15, -0.1) is 0 Å². The van der Waals surface area contributed by atoms with Crippen LogP contribution in [0.4, 0.5) is 0 Å². The van der Waals surface area contributed by atoms with Gasteiger partial charge >= 0.3 is 5.97 Å². The van der Waals surface area contributed by atoms with Gasteiger partial charge in [-0.1, -0.05) is 6.07 Å². The highest BCUT2D eigenvalue weighted by molar-refractivity contribution is 9.10. The van der Waals surface area contributed by atoms with Gasteiger partial charge in [0.1, 0.15) is 11.8 Å². The van der Waals surface area contributed by atoms with Crippen LogP contribution in [0, 0.1) is 0 Å². The first-order valence-electron chi connectivity index (χ1n) is 5.28. The molecule has 0 radical (unpaired) electrons. The molecule has 17 heavy (non-hydrogen) atoms. The summed E-state index contributed by atoms with van der Waals surface area (Å²) in [7, 11) is 1.61. The van der Waals surface area contributed by atoms with Gasteiger partial charge in [0.05, 0.1) is 11.6 Å². The van der Waals surface area contributed by atoms with E-state index in [1.54, 1.807) is 14.0 Å². The van der Waals surface area contributed by atoms with Gasteiger partial charge in [-0.3, -0.25) is 10.1 Å². The van der Waals surface area contributed by atoms with E-state index in [2.05, 4.69) is 21.2 Å².